The molecule has 6 nitrogen and oxygen atoms in total. The van der Waals surface area contributed by atoms with Gasteiger partial charge in [0, 0.05) is 12.1 Å². The van der Waals surface area contributed by atoms with Crippen molar-refractivity contribution in [2.24, 2.45) is 5.92 Å². The number of rotatable bonds is 7. The van der Waals surface area contributed by atoms with Crippen LogP contribution < -0.4 is 14.2 Å². The van der Waals surface area contributed by atoms with Crippen LogP contribution in [-0.2, 0) is 4.79 Å². The SMILES string of the molecule is COc1ccc(C(c2cc(OC)ccc2OC)N2CCCC(C(=O)O)C2)cc1. The number of carboxylic acid groups (broad SMARTS) is 1. The molecule has 0 aliphatic carbocycles. The number of piperidine rings is 1. The Labute approximate surface area is 165 Å². The summed E-state index contributed by atoms with van der Waals surface area (Å²) < 4.78 is 16.4. The molecule has 1 aliphatic rings. The van der Waals surface area contributed by atoms with Crippen LogP contribution in [0.1, 0.15) is 30.0 Å². The molecule has 28 heavy (non-hydrogen) atoms. The minimum absolute atomic E-state index is 0.141. The zero-order chi connectivity index (χ0) is 20.1. The number of carbonyl (C=O) groups is 1. The van der Waals surface area contributed by atoms with Gasteiger partial charge in [0.1, 0.15) is 17.2 Å². The molecular formula is C22H27NO5. The summed E-state index contributed by atoms with van der Waals surface area (Å²) in [7, 11) is 4.92. The van der Waals surface area contributed by atoms with Crippen LogP contribution in [0.4, 0.5) is 0 Å². The minimum atomic E-state index is -0.740. The van der Waals surface area contributed by atoms with Gasteiger partial charge in [-0.3, -0.25) is 9.69 Å². The minimum Gasteiger partial charge on any atom is -0.497 e. The van der Waals surface area contributed by atoms with Crippen molar-refractivity contribution in [1.82, 2.24) is 4.90 Å². The first-order chi connectivity index (χ1) is 13.6. The second-order valence-corrected chi connectivity index (χ2v) is 6.96. The van der Waals surface area contributed by atoms with Gasteiger partial charge in [-0.05, 0) is 55.3 Å². The summed E-state index contributed by atoms with van der Waals surface area (Å²) in [6.07, 6.45) is 1.55. The van der Waals surface area contributed by atoms with Gasteiger partial charge in [0.05, 0.1) is 33.3 Å². The normalized spacial score (nSPS) is 18.3. The number of aliphatic carboxylic acids is 1. The van der Waals surface area contributed by atoms with Crippen molar-refractivity contribution in [3.05, 3.63) is 53.6 Å². The van der Waals surface area contributed by atoms with Gasteiger partial charge in [-0.2, -0.15) is 0 Å². The van der Waals surface area contributed by atoms with Crippen molar-refractivity contribution in [1.29, 1.82) is 0 Å². The molecule has 1 fully saturated rings. The molecular weight excluding hydrogens is 358 g/mol. The maximum absolute atomic E-state index is 11.6. The summed E-state index contributed by atoms with van der Waals surface area (Å²) in [5.41, 5.74) is 2.01. The molecule has 0 saturated carbocycles. The van der Waals surface area contributed by atoms with Crippen molar-refractivity contribution in [2.45, 2.75) is 18.9 Å². The quantitative estimate of drug-likeness (QED) is 0.785. The molecule has 2 atom stereocenters. The van der Waals surface area contributed by atoms with Crippen LogP contribution >= 0.6 is 0 Å². The number of benzene rings is 2. The standard InChI is InChI=1S/C22H27NO5/c1-26-17-8-6-15(7-9-17)21(23-12-4-5-16(14-23)22(24)25)19-13-18(27-2)10-11-20(19)28-3/h6-11,13,16,21H,4-5,12,14H2,1-3H3,(H,24,25). The predicted octanol–water partition coefficient (Wildman–Crippen LogP) is 3.60. The smallest absolute Gasteiger partial charge is 0.307 e. The van der Waals surface area contributed by atoms with Crippen LogP contribution in [0.15, 0.2) is 42.5 Å². The first-order valence-electron chi connectivity index (χ1n) is 9.40. The van der Waals surface area contributed by atoms with E-state index in [9.17, 15) is 9.90 Å². The molecule has 0 spiro atoms. The van der Waals surface area contributed by atoms with Crippen LogP contribution in [0.2, 0.25) is 0 Å². The molecule has 6 heteroatoms. The Kier molecular flexibility index (Phi) is 6.41. The number of hydrogen-bond donors (Lipinski definition) is 1. The fraction of sp³-hybridized carbons (Fsp3) is 0.409. The van der Waals surface area contributed by atoms with E-state index in [1.165, 1.54) is 0 Å². The summed E-state index contributed by atoms with van der Waals surface area (Å²) in [5, 5.41) is 9.54. The lowest BCUT2D eigenvalue weighted by Gasteiger charge is -2.38. The lowest BCUT2D eigenvalue weighted by Crippen LogP contribution is -2.41. The molecule has 2 aromatic carbocycles. The van der Waals surface area contributed by atoms with Crippen LogP contribution in [0.3, 0.4) is 0 Å². The molecule has 3 rings (SSSR count). The third-order valence-electron chi connectivity index (χ3n) is 5.33. The monoisotopic (exact) mass is 385 g/mol. The highest BCUT2D eigenvalue weighted by Gasteiger charge is 2.32. The van der Waals surface area contributed by atoms with Gasteiger partial charge in [0.25, 0.3) is 0 Å². The van der Waals surface area contributed by atoms with E-state index in [2.05, 4.69) is 4.90 Å². The lowest BCUT2D eigenvalue weighted by atomic mass is 9.91. The highest BCUT2D eigenvalue weighted by atomic mass is 16.5. The Morgan fingerprint density at radius 2 is 1.71 bits per heavy atom. The third-order valence-corrected chi connectivity index (χ3v) is 5.33. The third kappa shape index (κ3) is 4.22. The molecule has 0 amide bonds. The summed E-state index contributed by atoms with van der Waals surface area (Å²) in [4.78, 5) is 13.8. The molecule has 150 valence electrons. The van der Waals surface area contributed by atoms with E-state index < -0.39 is 5.97 Å². The van der Waals surface area contributed by atoms with Gasteiger partial charge in [-0.15, -0.1) is 0 Å². The second-order valence-electron chi connectivity index (χ2n) is 6.96. The van der Waals surface area contributed by atoms with E-state index in [0.29, 0.717) is 13.0 Å². The van der Waals surface area contributed by atoms with Crippen LogP contribution in [-0.4, -0.2) is 50.4 Å². The number of methoxy groups -OCH3 is 3. The number of hydrogen-bond acceptors (Lipinski definition) is 5. The Bertz CT molecular complexity index is 805. The first-order valence-corrected chi connectivity index (χ1v) is 9.40. The van der Waals surface area contributed by atoms with Crippen molar-refractivity contribution < 1.29 is 24.1 Å². The van der Waals surface area contributed by atoms with E-state index >= 15 is 0 Å². The van der Waals surface area contributed by atoms with E-state index in [-0.39, 0.29) is 12.0 Å². The highest BCUT2D eigenvalue weighted by molar-refractivity contribution is 5.70. The van der Waals surface area contributed by atoms with Gasteiger partial charge in [-0.1, -0.05) is 12.1 Å². The Balaban J connectivity index is 2.07. The number of likely N-dealkylation sites (tertiary alicyclic amines) is 1. The summed E-state index contributed by atoms with van der Waals surface area (Å²) in [6, 6.07) is 13.5. The van der Waals surface area contributed by atoms with E-state index in [1.807, 2.05) is 42.5 Å². The van der Waals surface area contributed by atoms with Crippen LogP contribution in [0.5, 0.6) is 17.2 Å². The topological polar surface area (TPSA) is 68.2 Å². The maximum atomic E-state index is 11.6. The van der Waals surface area contributed by atoms with Crippen molar-refractivity contribution >= 4 is 5.97 Å². The second kappa shape index (κ2) is 8.97. The van der Waals surface area contributed by atoms with Crippen molar-refractivity contribution in [3.63, 3.8) is 0 Å². The van der Waals surface area contributed by atoms with E-state index in [0.717, 1.165) is 41.3 Å². The van der Waals surface area contributed by atoms with E-state index in [4.69, 9.17) is 14.2 Å². The summed E-state index contributed by atoms with van der Waals surface area (Å²) in [6.45, 7) is 1.31. The maximum Gasteiger partial charge on any atom is 0.307 e. The van der Waals surface area contributed by atoms with Crippen molar-refractivity contribution in [3.8, 4) is 17.2 Å². The number of nitrogens with zero attached hydrogens (tertiary/aromatic N) is 1. The summed E-state index contributed by atoms with van der Waals surface area (Å²) >= 11 is 0. The average molecular weight is 385 g/mol. The molecule has 2 unspecified atom stereocenters. The number of carboxylic acids is 1. The average Bonchev–Trinajstić information content (AvgIpc) is 2.74. The Morgan fingerprint density at radius 3 is 2.32 bits per heavy atom. The van der Waals surface area contributed by atoms with Gasteiger partial charge in [0.15, 0.2) is 0 Å². The molecule has 0 radical (unpaired) electrons. The van der Waals surface area contributed by atoms with Crippen LogP contribution in [0, 0.1) is 5.92 Å². The van der Waals surface area contributed by atoms with Gasteiger partial charge in [-0.25, -0.2) is 0 Å². The first kappa shape index (κ1) is 20.0. The van der Waals surface area contributed by atoms with E-state index in [1.54, 1.807) is 21.3 Å². The predicted molar refractivity (Wildman–Crippen MR) is 106 cm³/mol. The molecule has 1 N–H and O–H groups in total. The van der Waals surface area contributed by atoms with Gasteiger partial charge >= 0.3 is 5.97 Å². The van der Waals surface area contributed by atoms with Crippen molar-refractivity contribution in [2.75, 3.05) is 34.4 Å². The summed E-state index contributed by atoms with van der Waals surface area (Å²) in [5.74, 6) is 1.16. The molecule has 1 aliphatic heterocycles. The van der Waals surface area contributed by atoms with Gasteiger partial charge < -0.3 is 19.3 Å². The molecule has 1 heterocycles. The van der Waals surface area contributed by atoms with Gasteiger partial charge in [0.2, 0.25) is 0 Å². The fourth-order valence-corrected chi connectivity index (χ4v) is 3.87. The lowest BCUT2D eigenvalue weighted by molar-refractivity contribution is -0.143. The Hall–Kier alpha value is -2.73. The fourth-order valence-electron chi connectivity index (χ4n) is 3.87. The molecule has 0 bridgehead atoms. The zero-order valence-corrected chi connectivity index (χ0v) is 16.6. The Morgan fingerprint density at radius 1 is 1.04 bits per heavy atom. The molecule has 1 saturated heterocycles. The molecule has 0 aromatic heterocycles. The molecule has 2 aromatic rings. The van der Waals surface area contributed by atoms with Crippen LogP contribution in [0.25, 0.3) is 0 Å². The number of ether oxygens (including phenoxy) is 3. The zero-order valence-electron chi connectivity index (χ0n) is 16.6. The largest absolute Gasteiger partial charge is 0.497 e. The highest BCUT2D eigenvalue weighted by Crippen LogP contribution is 2.39.